The van der Waals surface area contributed by atoms with Crippen LogP contribution in [-0.2, 0) is 4.74 Å². The van der Waals surface area contributed by atoms with Gasteiger partial charge in [0.15, 0.2) is 0 Å². The molecule has 3 N–H and O–H groups in total. The molecule has 5 nitrogen and oxygen atoms in total. The molecule has 1 aromatic rings. The van der Waals surface area contributed by atoms with E-state index in [-0.39, 0.29) is 24.1 Å². The number of carbonyl (C=O) groups excluding carboxylic acids is 1. The van der Waals surface area contributed by atoms with Crippen molar-refractivity contribution in [2.24, 2.45) is 11.7 Å². The average Bonchev–Trinajstić information content (AvgIpc) is 2.47. The van der Waals surface area contributed by atoms with E-state index in [0.717, 1.165) is 25.0 Å². The first-order chi connectivity index (χ1) is 10.8. The van der Waals surface area contributed by atoms with Crippen molar-refractivity contribution in [3.05, 3.63) is 30.3 Å². The van der Waals surface area contributed by atoms with E-state index in [4.69, 9.17) is 15.2 Å². The molecule has 1 fully saturated rings. The Balaban J connectivity index is 1.82. The number of nitrogens with one attached hydrogen (secondary N) is 1. The summed E-state index contributed by atoms with van der Waals surface area (Å²) in [5, 5.41) is 2.95. The number of hydrogen-bond donors (Lipinski definition) is 2. The molecule has 0 unspecified atom stereocenters. The van der Waals surface area contributed by atoms with Crippen LogP contribution < -0.4 is 15.8 Å². The fraction of sp³-hybridized carbons (Fsp3) is 0.611. The van der Waals surface area contributed by atoms with E-state index in [1.54, 1.807) is 0 Å². The molecule has 0 aromatic heterocycles. The van der Waals surface area contributed by atoms with Gasteiger partial charge in [0.2, 0.25) is 0 Å². The summed E-state index contributed by atoms with van der Waals surface area (Å²) in [6, 6.07) is 9.92. The van der Waals surface area contributed by atoms with Gasteiger partial charge >= 0.3 is 6.09 Å². The van der Waals surface area contributed by atoms with E-state index in [9.17, 15) is 4.79 Å². The number of nitrogens with two attached hydrogens (primary N) is 1. The predicted octanol–water partition coefficient (Wildman–Crippen LogP) is 3.09. The lowest BCUT2D eigenvalue weighted by Crippen LogP contribution is -2.48. The van der Waals surface area contributed by atoms with Crippen LogP contribution in [0.1, 0.15) is 40.0 Å². The monoisotopic (exact) mass is 320 g/mol. The van der Waals surface area contributed by atoms with E-state index < -0.39 is 5.60 Å². The maximum Gasteiger partial charge on any atom is 0.407 e. The highest BCUT2D eigenvalue weighted by molar-refractivity contribution is 5.68. The van der Waals surface area contributed by atoms with Crippen molar-refractivity contribution >= 4 is 6.09 Å². The van der Waals surface area contributed by atoms with Crippen LogP contribution in [0.3, 0.4) is 0 Å². The topological polar surface area (TPSA) is 73.6 Å². The van der Waals surface area contributed by atoms with Crippen molar-refractivity contribution < 1.29 is 14.3 Å². The van der Waals surface area contributed by atoms with Gasteiger partial charge in [0.25, 0.3) is 0 Å². The molecule has 0 radical (unpaired) electrons. The maximum absolute atomic E-state index is 11.9. The predicted molar refractivity (Wildman–Crippen MR) is 90.4 cm³/mol. The summed E-state index contributed by atoms with van der Waals surface area (Å²) in [5.41, 5.74) is 5.73. The molecule has 1 amide bonds. The van der Waals surface area contributed by atoms with E-state index in [0.29, 0.717) is 6.61 Å². The molecule has 1 aromatic carbocycles. The average molecular weight is 320 g/mol. The third-order valence-corrected chi connectivity index (χ3v) is 3.97. The molecule has 5 heteroatoms. The van der Waals surface area contributed by atoms with Gasteiger partial charge in [-0.2, -0.15) is 0 Å². The van der Waals surface area contributed by atoms with Gasteiger partial charge in [0.05, 0.1) is 6.61 Å². The third-order valence-electron chi connectivity index (χ3n) is 3.97. The minimum atomic E-state index is -0.481. The molecule has 2 rings (SSSR count). The lowest BCUT2D eigenvalue weighted by molar-refractivity contribution is 0.0471. The molecule has 0 bridgehead atoms. The first-order valence-electron chi connectivity index (χ1n) is 8.26. The summed E-state index contributed by atoms with van der Waals surface area (Å²) in [4.78, 5) is 11.9. The molecular weight excluding hydrogens is 292 g/mol. The Morgan fingerprint density at radius 3 is 2.61 bits per heavy atom. The lowest BCUT2D eigenvalue weighted by atomic mass is 9.82. The van der Waals surface area contributed by atoms with Crippen LogP contribution in [0.5, 0.6) is 5.75 Å². The van der Waals surface area contributed by atoms with Crippen molar-refractivity contribution in [1.29, 1.82) is 0 Å². The van der Waals surface area contributed by atoms with Crippen molar-refractivity contribution in [3.8, 4) is 5.75 Å². The van der Waals surface area contributed by atoms with Crippen LogP contribution in [0.2, 0.25) is 0 Å². The van der Waals surface area contributed by atoms with Crippen LogP contribution in [-0.4, -0.2) is 30.4 Å². The number of para-hydroxylation sites is 1. The number of alkyl carbamates (subject to hydrolysis) is 1. The molecule has 128 valence electrons. The first kappa shape index (κ1) is 17.6. The summed E-state index contributed by atoms with van der Waals surface area (Å²) in [6.07, 6.45) is 2.21. The molecule has 1 aliphatic carbocycles. The Kier molecular flexibility index (Phi) is 5.88. The smallest absolute Gasteiger partial charge is 0.407 e. The first-order valence-corrected chi connectivity index (χ1v) is 8.26. The Morgan fingerprint density at radius 2 is 1.96 bits per heavy atom. The highest BCUT2D eigenvalue weighted by Gasteiger charge is 2.30. The Labute approximate surface area is 138 Å². The second-order valence-corrected chi connectivity index (χ2v) is 7.20. The number of hydrogen-bond acceptors (Lipinski definition) is 4. The third kappa shape index (κ3) is 6.10. The van der Waals surface area contributed by atoms with E-state index in [1.807, 2.05) is 51.1 Å². The molecule has 3 atom stereocenters. The highest BCUT2D eigenvalue weighted by Crippen LogP contribution is 2.25. The van der Waals surface area contributed by atoms with Crippen molar-refractivity contribution in [3.63, 3.8) is 0 Å². The molecule has 23 heavy (non-hydrogen) atoms. The number of ether oxygens (including phenoxy) is 2. The number of rotatable bonds is 4. The van der Waals surface area contributed by atoms with Gasteiger partial charge in [-0.3, -0.25) is 0 Å². The maximum atomic E-state index is 11.9. The minimum Gasteiger partial charge on any atom is -0.493 e. The summed E-state index contributed by atoms with van der Waals surface area (Å²) >= 11 is 0. The zero-order valence-electron chi connectivity index (χ0n) is 14.2. The minimum absolute atomic E-state index is 0.0917. The fourth-order valence-corrected chi connectivity index (χ4v) is 2.80. The van der Waals surface area contributed by atoms with Crippen molar-refractivity contribution in [2.75, 3.05) is 6.61 Å². The number of benzene rings is 1. The second kappa shape index (κ2) is 7.68. The molecule has 1 saturated carbocycles. The van der Waals surface area contributed by atoms with Gasteiger partial charge < -0.3 is 20.5 Å². The quantitative estimate of drug-likeness (QED) is 0.894. The van der Waals surface area contributed by atoms with Crippen molar-refractivity contribution in [1.82, 2.24) is 5.32 Å². The van der Waals surface area contributed by atoms with Gasteiger partial charge in [0.1, 0.15) is 11.4 Å². The van der Waals surface area contributed by atoms with Gasteiger partial charge in [-0.25, -0.2) is 4.79 Å². The molecule has 0 aliphatic heterocycles. The van der Waals surface area contributed by atoms with Crippen LogP contribution in [0.15, 0.2) is 30.3 Å². The Hall–Kier alpha value is -1.75. The van der Waals surface area contributed by atoms with Gasteiger partial charge in [-0.15, -0.1) is 0 Å². The summed E-state index contributed by atoms with van der Waals surface area (Å²) in [6.45, 7) is 6.15. The number of amides is 1. The lowest BCUT2D eigenvalue weighted by Gasteiger charge is -2.34. The zero-order chi connectivity index (χ0) is 16.9. The highest BCUT2D eigenvalue weighted by atomic mass is 16.6. The fourth-order valence-electron chi connectivity index (χ4n) is 2.80. The second-order valence-electron chi connectivity index (χ2n) is 7.20. The zero-order valence-corrected chi connectivity index (χ0v) is 14.2. The molecular formula is C18H28N2O3. The summed E-state index contributed by atoms with van der Waals surface area (Å²) in [5.74, 6) is 1.07. The van der Waals surface area contributed by atoms with Gasteiger partial charge in [0, 0.05) is 18.0 Å². The molecule has 0 heterocycles. The Morgan fingerprint density at radius 1 is 1.26 bits per heavy atom. The van der Waals surface area contributed by atoms with Crippen LogP contribution in [0, 0.1) is 5.92 Å². The largest absolute Gasteiger partial charge is 0.493 e. The molecule has 0 spiro atoms. The van der Waals surface area contributed by atoms with Crippen LogP contribution >= 0.6 is 0 Å². The van der Waals surface area contributed by atoms with E-state index in [2.05, 4.69) is 5.32 Å². The molecule has 1 aliphatic rings. The summed E-state index contributed by atoms with van der Waals surface area (Å²) < 4.78 is 11.1. The standard InChI is InChI=1S/C18H28N2O3/c1-18(2,3)23-17(21)20-14-9-10-16(19)13(11-14)12-22-15-7-5-4-6-8-15/h4-8,13-14,16H,9-12,19H2,1-3H3,(H,20,21)/t13-,14+,16-/m0/s1. The normalized spacial score (nSPS) is 24.8. The van der Waals surface area contributed by atoms with Gasteiger partial charge in [-0.1, -0.05) is 18.2 Å². The van der Waals surface area contributed by atoms with Crippen molar-refractivity contribution in [2.45, 2.75) is 57.7 Å². The number of carbonyl (C=O) groups is 1. The van der Waals surface area contributed by atoms with Gasteiger partial charge in [-0.05, 0) is 52.2 Å². The SMILES string of the molecule is CC(C)(C)OC(=O)N[C@@H]1CC[C@H](N)[C@H](COc2ccccc2)C1. The van der Waals surface area contributed by atoms with Crippen LogP contribution in [0.4, 0.5) is 4.79 Å². The van der Waals surface area contributed by atoms with E-state index >= 15 is 0 Å². The van der Waals surface area contributed by atoms with E-state index in [1.165, 1.54) is 0 Å². The summed E-state index contributed by atoms with van der Waals surface area (Å²) in [7, 11) is 0. The molecule has 0 saturated heterocycles. The van der Waals surface area contributed by atoms with Crippen LogP contribution in [0.25, 0.3) is 0 Å². The Bertz CT molecular complexity index is 499.